The SMILES string of the molecule is O=C1Nc2cccc(n2)-c2nccn2CCCCOc2ccc(C3CCOCC3)cc21. The minimum Gasteiger partial charge on any atom is -0.493 e. The standard InChI is InChI=1S/C24H26N4O3/c29-24-19-16-18(17-8-14-30-15-9-17)6-7-21(19)31-13-2-1-11-28-12-10-25-23(28)20-4-3-5-22(26-20)27-24/h3-7,10,12,16-17H,1-2,8-9,11,13-15H2,(H,26,27,29). The third kappa shape index (κ3) is 4.32. The van der Waals surface area contributed by atoms with Crippen molar-refractivity contribution in [1.82, 2.24) is 14.5 Å². The topological polar surface area (TPSA) is 78.3 Å². The maximum Gasteiger partial charge on any atom is 0.260 e. The molecule has 1 N–H and O–H groups in total. The van der Waals surface area contributed by atoms with E-state index in [4.69, 9.17) is 9.47 Å². The molecule has 3 aromatic rings. The summed E-state index contributed by atoms with van der Waals surface area (Å²) in [6.45, 7) is 2.92. The zero-order chi connectivity index (χ0) is 21.0. The molecule has 2 aliphatic rings. The molecule has 2 aliphatic heterocycles. The van der Waals surface area contributed by atoms with Gasteiger partial charge in [0.15, 0.2) is 5.82 Å². The van der Waals surface area contributed by atoms with Gasteiger partial charge in [0.2, 0.25) is 0 Å². The Balaban J connectivity index is 1.49. The molecule has 160 valence electrons. The molecule has 0 spiro atoms. The van der Waals surface area contributed by atoms with E-state index >= 15 is 0 Å². The Morgan fingerprint density at radius 3 is 2.87 bits per heavy atom. The number of amides is 1. The van der Waals surface area contributed by atoms with Gasteiger partial charge in [0.25, 0.3) is 5.91 Å². The summed E-state index contributed by atoms with van der Waals surface area (Å²) in [7, 11) is 0. The molecule has 7 nitrogen and oxygen atoms in total. The van der Waals surface area contributed by atoms with E-state index in [1.807, 2.05) is 30.5 Å². The second-order valence-corrected chi connectivity index (χ2v) is 8.00. The smallest absolute Gasteiger partial charge is 0.260 e. The van der Waals surface area contributed by atoms with Gasteiger partial charge < -0.3 is 19.4 Å². The Labute approximate surface area is 181 Å². The molecule has 2 aromatic heterocycles. The molecule has 1 amide bonds. The van der Waals surface area contributed by atoms with Crippen molar-refractivity contribution in [2.24, 2.45) is 0 Å². The molecule has 7 heteroatoms. The van der Waals surface area contributed by atoms with Crippen LogP contribution >= 0.6 is 0 Å². The predicted molar refractivity (Wildman–Crippen MR) is 117 cm³/mol. The number of nitrogens with zero attached hydrogens (tertiary/aromatic N) is 3. The van der Waals surface area contributed by atoms with Crippen molar-refractivity contribution in [2.45, 2.75) is 38.1 Å². The monoisotopic (exact) mass is 418 g/mol. The zero-order valence-corrected chi connectivity index (χ0v) is 17.4. The Hall–Kier alpha value is -3.19. The summed E-state index contributed by atoms with van der Waals surface area (Å²) in [6, 6.07) is 11.6. The lowest BCUT2D eigenvalue weighted by molar-refractivity contribution is 0.0853. The van der Waals surface area contributed by atoms with Crippen LogP contribution in [0.25, 0.3) is 11.5 Å². The average Bonchev–Trinajstić information content (AvgIpc) is 3.28. The van der Waals surface area contributed by atoms with Gasteiger partial charge in [-0.05, 0) is 61.4 Å². The molecule has 1 fully saturated rings. The van der Waals surface area contributed by atoms with Crippen molar-refractivity contribution in [2.75, 3.05) is 25.1 Å². The molecule has 1 aromatic carbocycles. The van der Waals surface area contributed by atoms with E-state index in [9.17, 15) is 4.79 Å². The number of ether oxygens (including phenoxy) is 2. The first kappa shape index (κ1) is 19.8. The van der Waals surface area contributed by atoms with Crippen LogP contribution in [0.1, 0.15) is 47.5 Å². The van der Waals surface area contributed by atoms with Crippen LogP contribution < -0.4 is 10.1 Å². The number of nitrogens with one attached hydrogen (secondary N) is 1. The third-order valence-corrected chi connectivity index (χ3v) is 5.93. The number of carbonyl (C=O) groups excluding carboxylic acids is 1. The van der Waals surface area contributed by atoms with E-state index < -0.39 is 0 Å². The number of anilines is 1. The number of rotatable bonds is 1. The van der Waals surface area contributed by atoms with E-state index in [0.717, 1.165) is 62.5 Å². The summed E-state index contributed by atoms with van der Waals surface area (Å²) in [5.41, 5.74) is 2.45. The maximum atomic E-state index is 13.2. The number of benzene rings is 1. The molecule has 0 aliphatic carbocycles. The van der Waals surface area contributed by atoms with Crippen molar-refractivity contribution in [3.8, 4) is 17.3 Å². The van der Waals surface area contributed by atoms with Crippen molar-refractivity contribution >= 4 is 11.7 Å². The Morgan fingerprint density at radius 1 is 1.06 bits per heavy atom. The lowest BCUT2D eigenvalue weighted by atomic mass is 9.90. The van der Waals surface area contributed by atoms with E-state index in [1.165, 1.54) is 0 Å². The molecule has 0 atom stereocenters. The Morgan fingerprint density at radius 2 is 1.97 bits per heavy atom. The Bertz CT molecular complexity index is 1070. The second-order valence-electron chi connectivity index (χ2n) is 8.00. The van der Waals surface area contributed by atoms with E-state index in [0.29, 0.717) is 29.7 Å². The predicted octanol–water partition coefficient (Wildman–Crippen LogP) is 4.26. The molecule has 5 rings (SSSR count). The fourth-order valence-electron chi connectivity index (χ4n) is 4.24. The summed E-state index contributed by atoms with van der Waals surface area (Å²) in [5, 5.41) is 2.95. The molecule has 1 saturated heterocycles. The van der Waals surface area contributed by atoms with Crippen LogP contribution in [0, 0.1) is 0 Å². The number of aromatic nitrogens is 3. The van der Waals surface area contributed by atoms with Gasteiger partial charge in [0.05, 0.1) is 12.2 Å². The van der Waals surface area contributed by atoms with Gasteiger partial charge in [0.1, 0.15) is 17.3 Å². The van der Waals surface area contributed by atoms with Crippen LogP contribution in [-0.2, 0) is 11.3 Å². The van der Waals surface area contributed by atoms with Crippen molar-refractivity contribution in [3.05, 3.63) is 59.9 Å². The minimum atomic E-state index is -0.214. The Kier molecular flexibility index (Phi) is 5.67. The van der Waals surface area contributed by atoms with Crippen LogP contribution in [-0.4, -0.2) is 40.3 Å². The van der Waals surface area contributed by atoms with Gasteiger partial charge in [-0.2, -0.15) is 0 Å². The zero-order valence-electron chi connectivity index (χ0n) is 17.4. The van der Waals surface area contributed by atoms with Crippen molar-refractivity contribution in [3.63, 3.8) is 0 Å². The quantitative estimate of drug-likeness (QED) is 0.639. The van der Waals surface area contributed by atoms with Gasteiger partial charge in [-0.15, -0.1) is 0 Å². The van der Waals surface area contributed by atoms with Crippen LogP contribution in [0.3, 0.4) is 0 Å². The highest BCUT2D eigenvalue weighted by Gasteiger charge is 2.21. The number of pyridine rings is 1. The van der Waals surface area contributed by atoms with Crippen molar-refractivity contribution in [1.29, 1.82) is 0 Å². The van der Waals surface area contributed by atoms with Gasteiger partial charge in [0, 0.05) is 32.2 Å². The molecule has 0 unspecified atom stereocenters. The molecule has 0 radical (unpaired) electrons. The lowest BCUT2D eigenvalue weighted by Crippen LogP contribution is -2.18. The highest BCUT2D eigenvalue weighted by Crippen LogP contribution is 2.31. The molecule has 2 bridgehead atoms. The van der Waals surface area contributed by atoms with Gasteiger partial charge >= 0.3 is 0 Å². The molecule has 4 heterocycles. The highest BCUT2D eigenvalue weighted by atomic mass is 16.5. The normalized spacial score (nSPS) is 17.6. The van der Waals surface area contributed by atoms with Gasteiger partial charge in [-0.25, -0.2) is 9.97 Å². The number of aryl methyl sites for hydroxylation is 1. The van der Waals surface area contributed by atoms with Crippen LogP contribution in [0.4, 0.5) is 5.82 Å². The summed E-state index contributed by atoms with van der Waals surface area (Å²) in [6.07, 6.45) is 7.51. The summed E-state index contributed by atoms with van der Waals surface area (Å²) in [5.74, 6) is 2.10. The first-order valence-corrected chi connectivity index (χ1v) is 10.9. The first-order chi connectivity index (χ1) is 15.3. The number of hydrogen-bond donors (Lipinski definition) is 1. The summed E-state index contributed by atoms with van der Waals surface area (Å²) in [4.78, 5) is 22.3. The third-order valence-electron chi connectivity index (χ3n) is 5.93. The molecular formula is C24H26N4O3. The van der Waals surface area contributed by atoms with Crippen LogP contribution in [0.5, 0.6) is 5.75 Å². The number of hydrogen-bond acceptors (Lipinski definition) is 5. The van der Waals surface area contributed by atoms with E-state index in [2.05, 4.69) is 25.9 Å². The van der Waals surface area contributed by atoms with E-state index in [-0.39, 0.29) is 5.91 Å². The minimum absolute atomic E-state index is 0.214. The first-order valence-electron chi connectivity index (χ1n) is 10.9. The van der Waals surface area contributed by atoms with Gasteiger partial charge in [-0.1, -0.05) is 12.1 Å². The fourth-order valence-corrected chi connectivity index (χ4v) is 4.24. The van der Waals surface area contributed by atoms with E-state index in [1.54, 1.807) is 12.3 Å². The molecule has 31 heavy (non-hydrogen) atoms. The van der Waals surface area contributed by atoms with Gasteiger partial charge in [-0.3, -0.25) is 4.79 Å². The second kappa shape index (κ2) is 8.89. The fraction of sp³-hybridized carbons (Fsp3) is 0.375. The lowest BCUT2D eigenvalue weighted by Gasteiger charge is -2.23. The highest BCUT2D eigenvalue weighted by molar-refractivity contribution is 6.06. The van der Waals surface area contributed by atoms with Crippen LogP contribution in [0.15, 0.2) is 48.8 Å². The largest absolute Gasteiger partial charge is 0.493 e. The van der Waals surface area contributed by atoms with Crippen molar-refractivity contribution < 1.29 is 14.3 Å². The molecule has 0 saturated carbocycles. The summed E-state index contributed by atoms with van der Waals surface area (Å²) >= 11 is 0. The van der Waals surface area contributed by atoms with Crippen LogP contribution in [0.2, 0.25) is 0 Å². The number of carbonyl (C=O) groups is 1. The summed E-state index contributed by atoms with van der Waals surface area (Å²) < 4.78 is 13.6. The maximum absolute atomic E-state index is 13.2. The molecular weight excluding hydrogens is 392 g/mol. The number of imidazole rings is 1. The average molecular weight is 418 g/mol. The number of fused-ring (bicyclic) bond motifs is 5.